The van der Waals surface area contributed by atoms with Crippen LogP contribution in [-0.4, -0.2) is 7.05 Å². The van der Waals surface area contributed by atoms with Crippen LogP contribution in [0, 0.1) is 0 Å². The normalized spacial score (nSPS) is 11.3. The Morgan fingerprint density at radius 1 is 0.594 bits per heavy atom. The Morgan fingerprint density at radius 3 is 2.12 bits per heavy atom. The molecule has 2 nitrogen and oxygen atoms in total. The predicted octanol–water partition coefficient (Wildman–Crippen LogP) is 8.72. The summed E-state index contributed by atoms with van der Waals surface area (Å²) in [4.78, 5) is 2.32. The molecule has 0 bridgehead atoms. The van der Waals surface area contributed by atoms with Gasteiger partial charge in [0.25, 0.3) is 0 Å². The van der Waals surface area contributed by atoms with Crippen LogP contribution in [0.3, 0.4) is 0 Å². The Balaban J connectivity index is 1.57. The van der Waals surface area contributed by atoms with E-state index in [9.17, 15) is 0 Å². The quantitative estimate of drug-likeness (QED) is 0.301. The first-order chi connectivity index (χ1) is 15.8. The second-order valence-electron chi connectivity index (χ2n) is 7.91. The van der Waals surface area contributed by atoms with E-state index in [1.165, 1.54) is 30.9 Å². The van der Waals surface area contributed by atoms with Gasteiger partial charge >= 0.3 is 0 Å². The maximum atomic E-state index is 3.21. The molecule has 32 heavy (non-hydrogen) atoms. The van der Waals surface area contributed by atoms with E-state index in [-0.39, 0.29) is 0 Å². The van der Waals surface area contributed by atoms with Gasteiger partial charge in [0.1, 0.15) is 0 Å². The van der Waals surface area contributed by atoms with Crippen LogP contribution >= 0.6 is 11.3 Å². The van der Waals surface area contributed by atoms with Crippen molar-refractivity contribution < 1.29 is 0 Å². The van der Waals surface area contributed by atoms with Crippen LogP contribution in [0.2, 0.25) is 0 Å². The lowest BCUT2D eigenvalue weighted by Crippen LogP contribution is -2.09. The second kappa shape index (κ2) is 7.70. The van der Waals surface area contributed by atoms with E-state index >= 15 is 0 Å². The van der Waals surface area contributed by atoms with E-state index in [1.54, 1.807) is 0 Å². The summed E-state index contributed by atoms with van der Waals surface area (Å²) < 4.78 is 2.68. The Hall–Kier alpha value is -3.82. The van der Waals surface area contributed by atoms with Crippen molar-refractivity contribution in [2.75, 3.05) is 17.3 Å². The first-order valence-electron chi connectivity index (χ1n) is 10.8. The average molecular weight is 431 g/mol. The molecule has 0 saturated heterocycles. The van der Waals surface area contributed by atoms with Crippen molar-refractivity contribution in [3.05, 3.63) is 109 Å². The van der Waals surface area contributed by atoms with Gasteiger partial charge in [0.2, 0.25) is 0 Å². The van der Waals surface area contributed by atoms with E-state index in [0.717, 1.165) is 22.7 Å². The zero-order chi connectivity index (χ0) is 21.5. The number of fused-ring (bicyclic) bond motifs is 5. The highest BCUT2D eigenvalue weighted by Crippen LogP contribution is 2.42. The van der Waals surface area contributed by atoms with Gasteiger partial charge in [-0.15, -0.1) is 11.3 Å². The van der Waals surface area contributed by atoms with Crippen molar-refractivity contribution >= 4 is 65.0 Å². The largest absolute Gasteiger partial charge is 0.388 e. The van der Waals surface area contributed by atoms with Crippen LogP contribution in [0.1, 0.15) is 0 Å². The fourth-order valence-electron chi connectivity index (χ4n) is 4.43. The Kier molecular flexibility index (Phi) is 4.55. The number of anilines is 4. The van der Waals surface area contributed by atoms with E-state index in [4.69, 9.17) is 0 Å². The van der Waals surface area contributed by atoms with Crippen molar-refractivity contribution in [1.82, 2.24) is 0 Å². The van der Waals surface area contributed by atoms with Crippen LogP contribution < -0.4 is 10.2 Å². The van der Waals surface area contributed by atoms with E-state index in [1.807, 2.05) is 18.4 Å². The van der Waals surface area contributed by atoms with Crippen molar-refractivity contribution in [3.8, 4) is 0 Å². The smallest absolute Gasteiger partial charge is 0.0468 e. The standard InChI is InChI=1S/C29H22N2S/c1-30-21-12-14-23(15-13-21)31(22-8-3-2-4-9-22)24-16-18-28-27(19-24)26-17-11-20-7-5-6-10-25(20)29(26)32-28/h2-19,30H,1H3. The third-order valence-corrected chi connectivity index (χ3v) is 7.25. The molecular weight excluding hydrogens is 408 g/mol. The molecule has 0 spiro atoms. The molecule has 0 aliphatic rings. The number of para-hydroxylation sites is 1. The summed E-state index contributed by atoms with van der Waals surface area (Å²) in [6.45, 7) is 0. The molecule has 0 fully saturated rings. The zero-order valence-electron chi connectivity index (χ0n) is 17.7. The molecule has 0 atom stereocenters. The summed E-state index contributed by atoms with van der Waals surface area (Å²) in [7, 11) is 1.95. The fraction of sp³-hybridized carbons (Fsp3) is 0.0345. The lowest BCUT2D eigenvalue weighted by molar-refractivity contribution is 1.29. The van der Waals surface area contributed by atoms with Crippen LogP contribution in [-0.2, 0) is 0 Å². The molecule has 6 aromatic rings. The molecule has 1 N–H and O–H groups in total. The minimum Gasteiger partial charge on any atom is -0.388 e. The van der Waals surface area contributed by atoms with Gasteiger partial charge in [0.15, 0.2) is 0 Å². The summed E-state index contributed by atoms with van der Waals surface area (Å²) in [5.41, 5.74) is 4.55. The summed E-state index contributed by atoms with van der Waals surface area (Å²) in [5.74, 6) is 0. The number of nitrogens with one attached hydrogen (secondary N) is 1. The first kappa shape index (κ1) is 18.9. The van der Waals surface area contributed by atoms with Gasteiger partial charge < -0.3 is 10.2 Å². The lowest BCUT2D eigenvalue weighted by atomic mass is 10.1. The molecule has 0 unspecified atom stereocenters. The van der Waals surface area contributed by atoms with Crippen LogP contribution in [0.4, 0.5) is 22.7 Å². The molecular formula is C29H22N2S. The number of hydrogen-bond donors (Lipinski definition) is 1. The topological polar surface area (TPSA) is 15.3 Å². The van der Waals surface area contributed by atoms with Crippen molar-refractivity contribution in [3.63, 3.8) is 0 Å². The predicted molar refractivity (Wildman–Crippen MR) is 141 cm³/mol. The van der Waals surface area contributed by atoms with Gasteiger partial charge in [-0.3, -0.25) is 0 Å². The van der Waals surface area contributed by atoms with Gasteiger partial charge in [-0.2, -0.15) is 0 Å². The van der Waals surface area contributed by atoms with E-state index in [2.05, 4.69) is 119 Å². The summed E-state index contributed by atoms with van der Waals surface area (Å²) in [6.07, 6.45) is 0. The SMILES string of the molecule is CNc1ccc(N(c2ccccc2)c2ccc3sc4c5ccccc5ccc4c3c2)cc1. The van der Waals surface area contributed by atoms with Crippen molar-refractivity contribution in [2.24, 2.45) is 0 Å². The van der Waals surface area contributed by atoms with Gasteiger partial charge in [-0.25, -0.2) is 0 Å². The molecule has 5 aromatic carbocycles. The monoisotopic (exact) mass is 430 g/mol. The summed E-state index contributed by atoms with van der Waals surface area (Å²) >= 11 is 1.88. The van der Waals surface area contributed by atoms with Gasteiger partial charge in [0, 0.05) is 50.0 Å². The van der Waals surface area contributed by atoms with Crippen molar-refractivity contribution in [2.45, 2.75) is 0 Å². The minimum absolute atomic E-state index is 1.10. The highest BCUT2D eigenvalue weighted by atomic mass is 32.1. The van der Waals surface area contributed by atoms with E-state index < -0.39 is 0 Å². The van der Waals surface area contributed by atoms with Crippen LogP contribution in [0.15, 0.2) is 109 Å². The molecule has 0 saturated carbocycles. The van der Waals surface area contributed by atoms with Crippen molar-refractivity contribution in [1.29, 1.82) is 0 Å². The molecule has 3 heteroatoms. The third-order valence-electron chi connectivity index (χ3n) is 6.03. The number of benzene rings is 5. The van der Waals surface area contributed by atoms with E-state index in [0.29, 0.717) is 0 Å². The molecule has 1 heterocycles. The van der Waals surface area contributed by atoms with Gasteiger partial charge in [0.05, 0.1) is 0 Å². The highest BCUT2D eigenvalue weighted by Gasteiger charge is 2.15. The number of thiophene rings is 1. The summed E-state index contributed by atoms with van der Waals surface area (Å²) in [6, 6.07) is 39.2. The molecule has 0 radical (unpaired) electrons. The Morgan fingerprint density at radius 2 is 1.31 bits per heavy atom. The molecule has 0 aliphatic heterocycles. The highest BCUT2D eigenvalue weighted by molar-refractivity contribution is 7.26. The number of nitrogens with zero attached hydrogens (tertiary/aromatic N) is 1. The molecule has 1 aromatic heterocycles. The average Bonchev–Trinajstić information content (AvgIpc) is 3.24. The summed E-state index contributed by atoms with van der Waals surface area (Å²) in [5, 5.41) is 8.46. The first-order valence-corrected chi connectivity index (χ1v) is 11.6. The Bertz CT molecular complexity index is 1550. The third kappa shape index (κ3) is 3.10. The molecule has 154 valence electrons. The molecule has 6 rings (SSSR count). The van der Waals surface area contributed by atoms with Crippen LogP contribution in [0.5, 0.6) is 0 Å². The lowest BCUT2D eigenvalue weighted by Gasteiger charge is -2.25. The maximum absolute atomic E-state index is 3.21. The van der Waals surface area contributed by atoms with Gasteiger partial charge in [-0.1, -0.05) is 54.6 Å². The molecule has 0 amide bonds. The second-order valence-corrected chi connectivity index (χ2v) is 8.97. The number of hydrogen-bond acceptors (Lipinski definition) is 3. The maximum Gasteiger partial charge on any atom is 0.0468 e. The fourth-order valence-corrected chi connectivity index (χ4v) is 5.65. The minimum atomic E-state index is 1.10. The number of rotatable bonds is 4. The van der Waals surface area contributed by atoms with Gasteiger partial charge in [-0.05, 0) is 65.4 Å². The molecule has 0 aliphatic carbocycles. The zero-order valence-corrected chi connectivity index (χ0v) is 18.6. The van der Waals surface area contributed by atoms with Crippen LogP contribution in [0.25, 0.3) is 30.9 Å². The Labute approximate surface area is 191 Å².